The summed E-state index contributed by atoms with van der Waals surface area (Å²) in [6.07, 6.45) is 2.41. The van der Waals surface area contributed by atoms with Gasteiger partial charge >= 0.3 is 12.0 Å². The van der Waals surface area contributed by atoms with Gasteiger partial charge in [-0.1, -0.05) is 13.8 Å². The van der Waals surface area contributed by atoms with E-state index in [1.807, 2.05) is 0 Å². The first-order chi connectivity index (χ1) is 9.36. The third-order valence-electron chi connectivity index (χ3n) is 4.33. The SMILES string of the molecule is CC1CC(C)CC(NC(=O)N2C[C@H](O)C[C@@H]2C(=O)O)C1. The highest BCUT2D eigenvalue weighted by molar-refractivity contribution is 5.83. The molecule has 0 aromatic carbocycles. The Kier molecular flexibility index (Phi) is 4.52. The first-order valence-corrected chi connectivity index (χ1v) is 7.34. The number of amides is 2. The highest BCUT2D eigenvalue weighted by Gasteiger charge is 2.39. The predicted octanol–water partition coefficient (Wildman–Crippen LogP) is 1.04. The third-order valence-corrected chi connectivity index (χ3v) is 4.33. The summed E-state index contributed by atoms with van der Waals surface area (Å²) in [6, 6.07) is -1.17. The van der Waals surface area contributed by atoms with Crippen LogP contribution in [0.15, 0.2) is 0 Å². The molecule has 1 heterocycles. The zero-order valence-corrected chi connectivity index (χ0v) is 12.1. The van der Waals surface area contributed by atoms with E-state index in [1.54, 1.807) is 0 Å². The van der Waals surface area contributed by atoms with E-state index in [0.717, 1.165) is 12.8 Å². The predicted molar refractivity (Wildman–Crippen MR) is 73.3 cm³/mol. The minimum Gasteiger partial charge on any atom is -0.480 e. The van der Waals surface area contributed by atoms with Crippen molar-refractivity contribution >= 4 is 12.0 Å². The lowest BCUT2D eigenvalue weighted by atomic mass is 9.80. The lowest BCUT2D eigenvalue weighted by Crippen LogP contribution is -2.50. The second kappa shape index (κ2) is 5.99. The van der Waals surface area contributed by atoms with Crippen molar-refractivity contribution in [3.05, 3.63) is 0 Å². The molecule has 2 aliphatic rings. The number of hydrogen-bond donors (Lipinski definition) is 3. The number of nitrogens with one attached hydrogen (secondary N) is 1. The van der Waals surface area contributed by atoms with E-state index in [9.17, 15) is 14.7 Å². The van der Waals surface area contributed by atoms with Gasteiger partial charge in [-0.25, -0.2) is 9.59 Å². The summed E-state index contributed by atoms with van der Waals surface area (Å²) in [4.78, 5) is 24.6. The van der Waals surface area contributed by atoms with Crippen LogP contribution in [-0.2, 0) is 4.79 Å². The monoisotopic (exact) mass is 284 g/mol. The molecule has 114 valence electrons. The number of nitrogens with zero attached hydrogens (tertiary/aromatic N) is 1. The number of carbonyl (C=O) groups excluding carboxylic acids is 1. The molecule has 1 aliphatic carbocycles. The number of carbonyl (C=O) groups is 2. The van der Waals surface area contributed by atoms with Crippen LogP contribution >= 0.6 is 0 Å². The van der Waals surface area contributed by atoms with Gasteiger partial charge in [0.1, 0.15) is 6.04 Å². The molecule has 2 rings (SSSR count). The van der Waals surface area contributed by atoms with Crippen LogP contribution in [0.2, 0.25) is 0 Å². The molecule has 6 heteroatoms. The van der Waals surface area contributed by atoms with Crippen molar-refractivity contribution < 1.29 is 19.8 Å². The van der Waals surface area contributed by atoms with Gasteiger partial charge in [-0.3, -0.25) is 0 Å². The number of urea groups is 1. The first kappa shape index (κ1) is 15.1. The Morgan fingerprint density at radius 3 is 2.25 bits per heavy atom. The van der Waals surface area contributed by atoms with Gasteiger partial charge in [-0.05, 0) is 31.1 Å². The molecule has 20 heavy (non-hydrogen) atoms. The molecule has 0 radical (unpaired) electrons. The van der Waals surface area contributed by atoms with Crippen LogP contribution in [0, 0.1) is 11.8 Å². The van der Waals surface area contributed by atoms with Gasteiger partial charge in [0.15, 0.2) is 0 Å². The number of likely N-dealkylation sites (tertiary alicyclic amines) is 1. The minimum atomic E-state index is -1.05. The maximum atomic E-state index is 12.2. The molecule has 6 nitrogen and oxygen atoms in total. The lowest BCUT2D eigenvalue weighted by molar-refractivity contribution is -0.141. The van der Waals surface area contributed by atoms with Crippen molar-refractivity contribution in [2.75, 3.05) is 6.54 Å². The quantitative estimate of drug-likeness (QED) is 0.707. The van der Waals surface area contributed by atoms with Crippen molar-refractivity contribution in [2.24, 2.45) is 11.8 Å². The fourth-order valence-electron chi connectivity index (χ4n) is 3.59. The number of aliphatic carboxylic acids is 1. The fourth-order valence-corrected chi connectivity index (χ4v) is 3.59. The lowest BCUT2D eigenvalue weighted by Gasteiger charge is -2.33. The molecular weight excluding hydrogens is 260 g/mol. The Hall–Kier alpha value is -1.30. The smallest absolute Gasteiger partial charge is 0.326 e. The van der Waals surface area contributed by atoms with E-state index in [2.05, 4.69) is 19.2 Å². The number of β-amino-alcohol motifs (C(OH)–C–C–N with tert-alkyl or cyclic N) is 1. The summed E-state index contributed by atoms with van der Waals surface area (Å²) >= 11 is 0. The molecule has 1 saturated carbocycles. The molecule has 0 spiro atoms. The number of carboxylic acids is 1. The van der Waals surface area contributed by atoms with E-state index in [0.29, 0.717) is 11.8 Å². The topological polar surface area (TPSA) is 89.9 Å². The van der Waals surface area contributed by atoms with Crippen LogP contribution in [0.1, 0.15) is 39.5 Å². The molecule has 2 unspecified atom stereocenters. The van der Waals surface area contributed by atoms with Gasteiger partial charge in [-0.2, -0.15) is 0 Å². The fraction of sp³-hybridized carbons (Fsp3) is 0.857. The van der Waals surface area contributed by atoms with Crippen LogP contribution in [0.25, 0.3) is 0 Å². The van der Waals surface area contributed by atoms with E-state index in [-0.39, 0.29) is 25.0 Å². The molecule has 4 atom stereocenters. The normalized spacial score (nSPS) is 37.8. The Morgan fingerprint density at radius 1 is 1.10 bits per heavy atom. The zero-order chi connectivity index (χ0) is 14.9. The van der Waals surface area contributed by atoms with Crippen molar-refractivity contribution in [1.29, 1.82) is 0 Å². The zero-order valence-electron chi connectivity index (χ0n) is 12.1. The van der Waals surface area contributed by atoms with Crippen LogP contribution in [0.4, 0.5) is 4.79 Å². The number of rotatable bonds is 2. The van der Waals surface area contributed by atoms with E-state index in [4.69, 9.17) is 5.11 Å². The van der Waals surface area contributed by atoms with E-state index >= 15 is 0 Å². The molecule has 2 fully saturated rings. The van der Waals surface area contributed by atoms with E-state index in [1.165, 1.54) is 11.3 Å². The number of aliphatic hydroxyl groups excluding tert-OH is 1. The third kappa shape index (κ3) is 3.42. The van der Waals surface area contributed by atoms with Crippen molar-refractivity contribution in [3.8, 4) is 0 Å². The van der Waals surface area contributed by atoms with Gasteiger partial charge < -0.3 is 20.4 Å². The van der Waals surface area contributed by atoms with Crippen molar-refractivity contribution in [1.82, 2.24) is 10.2 Å². The number of hydrogen-bond acceptors (Lipinski definition) is 3. The number of carboxylic acid groups (broad SMARTS) is 1. The molecular formula is C14H24N2O4. The molecule has 0 aromatic rings. The van der Waals surface area contributed by atoms with Gasteiger partial charge in [0.2, 0.25) is 0 Å². The molecule has 2 amide bonds. The Labute approximate surface area is 119 Å². The number of aliphatic hydroxyl groups is 1. The second-order valence-corrected chi connectivity index (χ2v) is 6.46. The summed E-state index contributed by atoms with van der Waals surface area (Å²) < 4.78 is 0. The molecule has 1 saturated heterocycles. The summed E-state index contributed by atoms with van der Waals surface area (Å²) in [5, 5.41) is 21.6. The van der Waals surface area contributed by atoms with Crippen molar-refractivity contribution in [3.63, 3.8) is 0 Å². The molecule has 3 N–H and O–H groups in total. The Bertz CT molecular complexity index is 377. The maximum absolute atomic E-state index is 12.2. The highest BCUT2D eigenvalue weighted by atomic mass is 16.4. The molecule has 1 aliphatic heterocycles. The van der Waals surface area contributed by atoms with Crippen LogP contribution in [-0.4, -0.2) is 51.8 Å². The average molecular weight is 284 g/mol. The van der Waals surface area contributed by atoms with Crippen LogP contribution < -0.4 is 5.32 Å². The van der Waals surface area contributed by atoms with Crippen LogP contribution in [0.5, 0.6) is 0 Å². The van der Waals surface area contributed by atoms with Crippen molar-refractivity contribution in [2.45, 2.75) is 57.7 Å². The summed E-state index contributed by atoms with van der Waals surface area (Å²) in [6.45, 7) is 4.45. The first-order valence-electron chi connectivity index (χ1n) is 7.34. The highest BCUT2D eigenvalue weighted by Crippen LogP contribution is 2.29. The summed E-state index contributed by atoms with van der Waals surface area (Å²) in [7, 11) is 0. The maximum Gasteiger partial charge on any atom is 0.326 e. The minimum absolute atomic E-state index is 0.0978. The average Bonchev–Trinajstić information content (AvgIpc) is 2.70. The summed E-state index contributed by atoms with van der Waals surface area (Å²) in [5.74, 6) is 0.0917. The second-order valence-electron chi connectivity index (χ2n) is 6.46. The van der Waals surface area contributed by atoms with E-state index < -0.39 is 18.1 Å². The Balaban J connectivity index is 1.95. The van der Waals surface area contributed by atoms with Gasteiger partial charge in [0.25, 0.3) is 0 Å². The van der Waals surface area contributed by atoms with Crippen LogP contribution in [0.3, 0.4) is 0 Å². The van der Waals surface area contributed by atoms with Gasteiger partial charge in [0, 0.05) is 19.0 Å². The Morgan fingerprint density at radius 2 is 1.70 bits per heavy atom. The molecule has 0 aromatic heterocycles. The van der Waals surface area contributed by atoms with Gasteiger partial charge in [0.05, 0.1) is 6.10 Å². The molecule has 0 bridgehead atoms. The van der Waals surface area contributed by atoms with Gasteiger partial charge in [-0.15, -0.1) is 0 Å². The largest absolute Gasteiger partial charge is 0.480 e. The summed E-state index contributed by atoms with van der Waals surface area (Å²) in [5.41, 5.74) is 0. The standard InChI is InChI=1S/C14H24N2O4/c1-8-3-9(2)5-10(4-8)15-14(20)16-7-11(17)6-12(16)13(18)19/h8-12,17H,3-7H2,1-2H3,(H,15,20)(H,18,19)/t8?,9?,10?,11-,12-/m1/s1.